The van der Waals surface area contributed by atoms with Crippen molar-refractivity contribution in [1.82, 2.24) is 0 Å². The minimum atomic E-state index is -0.897. The maximum atomic E-state index is 7.60. The van der Waals surface area contributed by atoms with Gasteiger partial charge in [0.15, 0.2) is 5.60 Å². The van der Waals surface area contributed by atoms with Crippen molar-refractivity contribution in [2.24, 2.45) is 0 Å². The monoisotopic (exact) mass is 681 g/mol. The molecule has 0 saturated carbocycles. The van der Waals surface area contributed by atoms with Gasteiger partial charge in [0.25, 0.3) is 0 Å². The normalized spacial score (nSPS) is 20.5. The van der Waals surface area contributed by atoms with E-state index in [2.05, 4.69) is 105 Å². The van der Waals surface area contributed by atoms with Crippen molar-refractivity contribution < 1.29 is 23.7 Å². The van der Waals surface area contributed by atoms with Crippen LogP contribution >= 0.6 is 0 Å². The third-order valence-electron chi connectivity index (χ3n) is 11.3. The Morgan fingerprint density at radius 2 is 1.53 bits per heavy atom. The molecule has 0 N–H and O–H groups in total. The molecule has 0 radical (unpaired) electrons. The summed E-state index contributed by atoms with van der Waals surface area (Å²) in [6.07, 6.45) is 7.40. The van der Waals surface area contributed by atoms with Crippen molar-refractivity contribution in [3.8, 4) is 28.4 Å². The topological polar surface area (TPSA) is 49.4 Å². The number of fused-ring (bicyclic) bond motifs is 8. The molecule has 1 saturated heterocycles. The molecule has 1 aliphatic carbocycles. The lowest BCUT2D eigenvalue weighted by atomic mass is 9.79. The zero-order valence-corrected chi connectivity index (χ0v) is 30.6. The third kappa shape index (κ3) is 5.14. The zero-order chi connectivity index (χ0) is 35.3. The Labute approximate surface area is 301 Å². The number of benzene rings is 5. The lowest BCUT2D eigenvalue weighted by Gasteiger charge is -2.39. The van der Waals surface area contributed by atoms with Crippen LogP contribution < -0.4 is 19.1 Å². The third-order valence-corrected chi connectivity index (χ3v) is 11.3. The van der Waals surface area contributed by atoms with Gasteiger partial charge in [0.2, 0.25) is 0 Å². The van der Waals surface area contributed by atoms with Gasteiger partial charge >= 0.3 is 0 Å². The van der Waals surface area contributed by atoms with E-state index in [9.17, 15) is 0 Å². The summed E-state index contributed by atoms with van der Waals surface area (Å²) in [4.78, 5) is 2.38. The Morgan fingerprint density at radius 1 is 0.804 bits per heavy atom. The van der Waals surface area contributed by atoms with Crippen molar-refractivity contribution >= 4 is 22.5 Å². The largest absolute Gasteiger partial charge is 0.497 e. The summed E-state index contributed by atoms with van der Waals surface area (Å²) >= 11 is 0. The van der Waals surface area contributed by atoms with Gasteiger partial charge in [-0.15, -0.1) is 0 Å². The molecule has 0 spiro atoms. The van der Waals surface area contributed by atoms with E-state index in [-0.39, 0.29) is 0 Å². The molecular weight excluding hydrogens is 634 g/mol. The summed E-state index contributed by atoms with van der Waals surface area (Å²) in [5.41, 5.74) is 9.98. The second-order valence-electron chi connectivity index (χ2n) is 13.9. The van der Waals surface area contributed by atoms with Crippen LogP contribution in [0, 0.1) is 6.92 Å². The zero-order valence-electron chi connectivity index (χ0n) is 30.6. The molecular formula is C45H47NO5. The van der Waals surface area contributed by atoms with Crippen LogP contribution in [-0.2, 0) is 27.1 Å². The van der Waals surface area contributed by atoms with Crippen molar-refractivity contribution in [2.75, 3.05) is 52.5 Å². The molecule has 2 unspecified atom stereocenters. The first-order chi connectivity index (χ1) is 24.9. The van der Waals surface area contributed by atoms with Gasteiger partial charge in [0, 0.05) is 47.8 Å². The van der Waals surface area contributed by atoms with E-state index >= 15 is 0 Å². The minimum Gasteiger partial charge on any atom is -0.497 e. The van der Waals surface area contributed by atoms with Crippen LogP contribution in [0.5, 0.6) is 17.2 Å². The van der Waals surface area contributed by atoms with Gasteiger partial charge in [-0.05, 0) is 77.7 Å². The van der Waals surface area contributed by atoms with E-state index in [1.165, 1.54) is 33.4 Å². The Bertz CT molecular complexity index is 2120. The number of aryl methyl sites for hydroxylation is 2. The van der Waals surface area contributed by atoms with Gasteiger partial charge in [0.05, 0.1) is 33.1 Å². The molecule has 0 aromatic heterocycles. The second kappa shape index (κ2) is 13.1. The highest BCUT2D eigenvalue weighted by Gasteiger charge is 2.48. The molecule has 0 amide bonds. The highest BCUT2D eigenvalue weighted by atomic mass is 16.5. The van der Waals surface area contributed by atoms with Crippen molar-refractivity contribution in [3.63, 3.8) is 0 Å². The predicted molar refractivity (Wildman–Crippen MR) is 206 cm³/mol. The molecule has 5 aromatic rings. The Hall–Kier alpha value is -4.78. The maximum absolute atomic E-state index is 7.60. The lowest BCUT2D eigenvalue weighted by Crippen LogP contribution is -2.36. The number of nitrogens with zero attached hydrogens (tertiary/aromatic N) is 1. The summed E-state index contributed by atoms with van der Waals surface area (Å²) in [6, 6.07) is 28.4. The van der Waals surface area contributed by atoms with Crippen molar-refractivity contribution in [1.29, 1.82) is 0 Å². The highest BCUT2D eigenvalue weighted by Crippen LogP contribution is 2.60. The van der Waals surface area contributed by atoms with Gasteiger partial charge in [-0.2, -0.15) is 0 Å². The van der Waals surface area contributed by atoms with E-state index in [0.29, 0.717) is 13.2 Å². The number of morpholine rings is 1. The van der Waals surface area contributed by atoms with Crippen molar-refractivity contribution in [2.45, 2.75) is 51.2 Å². The van der Waals surface area contributed by atoms with Gasteiger partial charge < -0.3 is 28.6 Å². The molecule has 51 heavy (non-hydrogen) atoms. The van der Waals surface area contributed by atoms with E-state index in [1.54, 1.807) is 14.2 Å². The van der Waals surface area contributed by atoms with E-state index < -0.39 is 11.2 Å². The Kier molecular flexibility index (Phi) is 8.56. The molecule has 6 heteroatoms. The number of ether oxygens (including phenoxy) is 5. The fourth-order valence-electron chi connectivity index (χ4n) is 8.63. The Balaban J connectivity index is 1.47. The molecule has 0 bridgehead atoms. The summed E-state index contributed by atoms with van der Waals surface area (Å²) < 4.78 is 31.8. The Morgan fingerprint density at radius 3 is 2.18 bits per heavy atom. The number of hydrogen-bond donors (Lipinski definition) is 0. The summed E-state index contributed by atoms with van der Waals surface area (Å²) in [7, 11) is 5.32. The van der Waals surface area contributed by atoms with Crippen LogP contribution in [0.25, 0.3) is 28.0 Å². The first-order valence-electron chi connectivity index (χ1n) is 18.2. The number of rotatable bonds is 9. The molecule has 6 nitrogen and oxygen atoms in total. The van der Waals surface area contributed by atoms with Crippen LogP contribution in [-0.4, -0.2) is 47.6 Å². The SMILES string of the molecule is CCCc1ccc2c(c1)C(CC)(OC)c1c3c(c4cc(OC)c(N5CCOCC5)cc4c1-2)OC(c1ccc(C)cc1)(c1ccc(OC)cc1)C=C3. The molecule has 5 aromatic carbocycles. The summed E-state index contributed by atoms with van der Waals surface area (Å²) in [5, 5.41) is 2.14. The number of methoxy groups -OCH3 is 3. The molecule has 262 valence electrons. The molecule has 3 aliphatic rings. The van der Waals surface area contributed by atoms with Gasteiger partial charge in [-0.3, -0.25) is 0 Å². The average molecular weight is 682 g/mol. The minimum absolute atomic E-state index is 0.649. The van der Waals surface area contributed by atoms with E-state index in [1.807, 2.05) is 19.2 Å². The van der Waals surface area contributed by atoms with Crippen molar-refractivity contribution in [3.05, 3.63) is 124 Å². The molecule has 8 rings (SSSR count). The highest BCUT2D eigenvalue weighted by molar-refractivity contribution is 6.10. The first kappa shape index (κ1) is 33.4. The van der Waals surface area contributed by atoms with Gasteiger partial charge in [-0.1, -0.05) is 86.5 Å². The van der Waals surface area contributed by atoms with Crippen LogP contribution in [0.3, 0.4) is 0 Å². The van der Waals surface area contributed by atoms with Crippen LogP contribution in [0.1, 0.15) is 65.6 Å². The van der Waals surface area contributed by atoms with Crippen LogP contribution in [0.2, 0.25) is 0 Å². The lowest BCUT2D eigenvalue weighted by molar-refractivity contribution is 0.0219. The number of anilines is 1. The first-order valence-corrected chi connectivity index (χ1v) is 18.2. The predicted octanol–water partition coefficient (Wildman–Crippen LogP) is 9.58. The molecule has 2 atom stereocenters. The van der Waals surface area contributed by atoms with Gasteiger partial charge in [0.1, 0.15) is 22.8 Å². The summed E-state index contributed by atoms with van der Waals surface area (Å²) in [6.45, 7) is 9.56. The average Bonchev–Trinajstić information content (AvgIpc) is 3.48. The summed E-state index contributed by atoms with van der Waals surface area (Å²) in [5.74, 6) is 2.45. The fraction of sp³-hybridized carbons (Fsp3) is 0.333. The maximum Gasteiger partial charge on any atom is 0.178 e. The molecule has 2 heterocycles. The molecule has 1 fully saturated rings. The van der Waals surface area contributed by atoms with Gasteiger partial charge in [-0.25, -0.2) is 0 Å². The van der Waals surface area contributed by atoms with E-state index in [0.717, 1.165) is 82.8 Å². The quantitative estimate of drug-likeness (QED) is 0.155. The van der Waals surface area contributed by atoms with Crippen LogP contribution in [0.4, 0.5) is 5.69 Å². The van der Waals surface area contributed by atoms with Crippen LogP contribution in [0.15, 0.2) is 84.9 Å². The number of hydrogen-bond acceptors (Lipinski definition) is 6. The second-order valence-corrected chi connectivity index (χ2v) is 13.9. The standard InChI is InChI=1S/C45H47NO5/c1-7-9-30-12-19-34-38(26-30)44(8-2,49-6)42-35-20-21-45(31-13-10-29(3)11-14-31,32-15-17-33(47-4)18-16-32)51-43(35)37-28-40(48-5)39(27-36(37)41(34)42)46-22-24-50-25-23-46/h10-21,26-28H,7-9,22-25H2,1-6H3. The molecule has 2 aliphatic heterocycles. The fourth-order valence-corrected chi connectivity index (χ4v) is 8.63. The van der Waals surface area contributed by atoms with E-state index in [4.69, 9.17) is 23.7 Å². The smallest absolute Gasteiger partial charge is 0.178 e.